The number of amides is 8. The summed E-state index contributed by atoms with van der Waals surface area (Å²) in [6, 6.07) is -10.5. The first-order valence-corrected chi connectivity index (χ1v) is 21.2. The summed E-state index contributed by atoms with van der Waals surface area (Å²) in [6.07, 6.45) is 0. The van der Waals surface area contributed by atoms with Crippen molar-refractivity contribution in [2.45, 2.75) is 104 Å². The van der Waals surface area contributed by atoms with Gasteiger partial charge in [0.15, 0.2) is 0 Å². The fourth-order valence-electron chi connectivity index (χ4n) is 6.45. The fourth-order valence-corrected chi connectivity index (χ4v) is 8.98. The van der Waals surface area contributed by atoms with E-state index in [9.17, 15) is 47.9 Å². The summed E-state index contributed by atoms with van der Waals surface area (Å²) in [6.45, 7) is 10.3. The number of ether oxygens (including phenoxy) is 2. The Hall–Kier alpha value is -4.60. The summed E-state index contributed by atoms with van der Waals surface area (Å²) in [5, 5.41) is 9.82. The molecule has 0 spiro atoms. The van der Waals surface area contributed by atoms with Crippen molar-refractivity contribution in [3.05, 3.63) is 0 Å². The van der Waals surface area contributed by atoms with E-state index in [1.165, 1.54) is 42.0 Å². The largest absolute Gasteiger partial charge is 0.461 e. The normalized spacial score (nSPS) is 28.7. The molecule has 4 N–H and O–H groups in total. The minimum Gasteiger partial charge on any atom is -0.461 e. The molecule has 2 aliphatic rings. The lowest BCUT2D eigenvalue weighted by Crippen LogP contribution is -2.60. The van der Waals surface area contributed by atoms with Crippen LogP contribution in [0.5, 0.6) is 0 Å². The topological polar surface area (TPSA) is 250 Å². The van der Waals surface area contributed by atoms with E-state index in [1.54, 1.807) is 27.7 Å². The zero-order chi connectivity index (χ0) is 44.3. The third kappa shape index (κ3) is 13.0. The summed E-state index contributed by atoms with van der Waals surface area (Å²) in [5.41, 5.74) is 0. The first-order valence-electron chi connectivity index (χ1n) is 18.7. The Balaban J connectivity index is 2.85. The molecule has 0 unspecified atom stereocenters. The van der Waals surface area contributed by atoms with Gasteiger partial charge in [-0.2, -0.15) is 0 Å². The lowest BCUT2D eigenvalue weighted by atomic mass is 10.0. The van der Waals surface area contributed by atoms with Gasteiger partial charge in [0.25, 0.3) is 0 Å². The van der Waals surface area contributed by atoms with Gasteiger partial charge in [-0.25, -0.2) is 9.59 Å². The van der Waals surface area contributed by atoms with Crippen molar-refractivity contribution in [3.63, 3.8) is 0 Å². The molecule has 8 amide bonds. The van der Waals surface area contributed by atoms with Crippen LogP contribution in [0.15, 0.2) is 0 Å². The maximum atomic E-state index is 14.4. The first-order chi connectivity index (χ1) is 26.9. The van der Waals surface area contributed by atoms with Crippen LogP contribution in [0, 0.1) is 11.8 Å². The highest BCUT2D eigenvalue weighted by atomic mass is 33.1. The first kappa shape index (κ1) is 49.5. The van der Waals surface area contributed by atoms with Gasteiger partial charge >= 0.3 is 11.9 Å². The van der Waals surface area contributed by atoms with E-state index in [0.717, 1.165) is 55.0 Å². The van der Waals surface area contributed by atoms with Crippen LogP contribution in [0.3, 0.4) is 0 Å². The number of rotatable bonds is 4. The highest BCUT2D eigenvalue weighted by Crippen LogP contribution is 2.28. The number of esters is 2. The van der Waals surface area contributed by atoms with Gasteiger partial charge < -0.3 is 50.3 Å². The molecule has 0 aromatic rings. The monoisotopic (exact) mass is 858 g/mol. The van der Waals surface area contributed by atoms with Gasteiger partial charge in [0.1, 0.15) is 61.5 Å². The van der Waals surface area contributed by atoms with E-state index in [1.807, 2.05) is 0 Å². The number of fused-ring (bicyclic) bond motifs is 5. The summed E-state index contributed by atoms with van der Waals surface area (Å²) in [4.78, 5) is 139. The molecule has 2 heterocycles. The third-order valence-corrected chi connectivity index (χ3v) is 12.0. The molecule has 0 radical (unpaired) electrons. The standard InChI is InChI=1S/C36H58N8O12S2/c1-17(2)27-35(53)55-13-23(39-21(7)45)29(47)37-20(6)32(50)42(10)26-16-58-57-15-25(33(51)43(27)11)41(9)31(49)19(5)38-30(48)24(40-22(8)46)14-56-36(54)28(18(3)4)44(12)34(26)52/h17-20,23-28H,13-16H2,1-12H3,(H,37,47)(H,38,48)(H,39,45)(H,40,46)/t19-,20-,23+,24+,25-,26-,27-,28-/m0/s1. The number of nitrogens with one attached hydrogen (secondary N) is 4. The smallest absolute Gasteiger partial charge is 0.329 e. The van der Waals surface area contributed by atoms with Crippen molar-refractivity contribution < 1.29 is 57.4 Å². The summed E-state index contributed by atoms with van der Waals surface area (Å²) in [7, 11) is 7.57. The average molecular weight is 859 g/mol. The van der Waals surface area contributed by atoms with Crippen molar-refractivity contribution >= 4 is 80.8 Å². The Kier molecular flexibility index (Phi) is 18.8. The van der Waals surface area contributed by atoms with Crippen LogP contribution in [-0.2, 0) is 57.4 Å². The van der Waals surface area contributed by atoms with Crippen LogP contribution in [0.4, 0.5) is 0 Å². The maximum absolute atomic E-state index is 14.4. The number of carbonyl (C=O) groups is 10. The minimum atomic E-state index is -1.46. The number of nitrogens with zero attached hydrogens (tertiary/aromatic N) is 4. The molecule has 0 aromatic heterocycles. The van der Waals surface area contributed by atoms with Crippen LogP contribution in [-0.4, -0.2) is 180 Å². The Morgan fingerprint density at radius 3 is 1.17 bits per heavy atom. The Labute approximate surface area is 346 Å². The Bertz CT molecular complexity index is 1480. The highest BCUT2D eigenvalue weighted by Gasteiger charge is 2.42. The third-order valence-electron chi connectivity index (χ3n) is 9.64. The minimum absolute atomic E-state index is 0.0997. The van der Waals surface area contributed by atoms with Crippen LogP contribution >= 0.6 is 21.6 Å². The lowest BCUT2D eigenvalue weighted by molar-refractivity contribution is -0.160. The van der Waals surface area contributed by atoms with Crippen LogP contribution < -0.4 is 21.3 Å². The molecule has 2 fully saturated rings. The predicted molar refractivity (Wildman–Crippen MR) is 213 cm³/mol. The zero-order valence-electron chi connectivity index (χ0n) is 35.1. The van der Waals surface area contributed by atoms with Crippen molar-refractivity contribution in [2.75, 3.05) is 52.9 Å². The second-order valence-corrected chi connectivity index (χ2v) is 17.6. The molecule has 2 bridgehead atoms. The van der Waals surface area contributed by atoms with Crippen molar-refractivity contribution in [1.82, 2.24) is 40.9 Å². The molecule has 0 saturated carbocycles. The van der Waals surface area contributed by atoms with Crippen molar-refractivity contribution in [2.24, 2.45) is 11.8 Å². The molecule has 2 saturated heterocycles. The summed E-state index contributed by atoms with van der Waals surface area (Å²) in [5.74, 6) is -9.01. The van der Waals surface area contributed by atoms with Crippen LogP contribution in [0.1, 0.15) is 55.4 Å². The molecule has 326 valence electrons. The number of carbonyl (C=O) groups excluding carboxylic acids is 10. The molecule has 22 heteroatoms. The van der Waals surface area contributed by atoms with E-state index < -0.39 is 133 Å². The molecule has 0 aromatic carbocycles. The van der Waals surface area contributed by atoms with Gasteiger partial charge in [-0.1, -0.05) is 49.3 Å². The molecule has 2 aliphatic heterocycles. The molecule has 2 rings (SSSR count). The number of hydrogen-bond donors (Lipinski definition) is 4. The number of cyclic esters (lactones) is 2. The van der Waals surface area contributed by atoms with E-state index in [0.29, 0.717) is 0 Å². The van der Waals surface area contributed by atoms with E-state index >= 15 is 0 Å². The summed E-state index contributed by atoms with van der Waals surface area (Å²) >= 11 is 0. The number of likely N-dealkylation sites (N-methyl/N-ethyl adjacent to an activating group) is 4. The SMILES string of the molecule is CC(=O)N[C@@H]1COC(=O)[C@H](C(C)C)N(C)C(=O)[C@@H]2CSSC[C@@H](C(=O)N(C)[C@@H](C(C)C)C(=O)OC[C@@H](NC(C)=O)C(=O)N[C@@H](C)C(=O)N2C)N(C)C(=O)[C@H](C)NC1=O. The van der Waals surface area contributed by atoms with Crippen molar-refractivity contribution in [3.8, 4) is 0 Å². The van der Waals surface area contributed by atoms with Gasteiger partial charge in [0.2, 0.25) is 47.3 Å². The van der Waals surface area contributed by atoms with Gasteiger partial charge in [0, 0.05) is 53.5 Å². The molecular weight excluding hydrogens is 801 g/mol. The van der Waals surface area contributed by atoms with E-state index in [-0.39, 0.29) is 11.5 Å². The van der Waals surface area contributed by atoms with Crippen LogP contribution in [0.2, 0.25) is 0 Å². The zero-order valence-corrected chi connectivity index (χ0v) is 36.7. The van der Waals surface area contributed by atoms with Crippen molar-refractivity contribution in [1.29, 1.82) is 0 Å². The van der Waals surface area contributed by atoms with Gasteiger partial charge in [-0.15, -0.1) is 0 Å². The molecular formula is C36H58N8O12S2. The highest BCUT2D eigenvalue weighted by molar-refractivity contribution is 8.76. The predicted octanol–water partition coefficient (Wildman–Crippen LogP) is -1.88. The van der Waals surface area contributed by atoms with Gasteiger partial charge in [-0.05, 0) is 25.7 Å². The summed E-state index contributed by atoms with van der Waals surface area (Å²) < 4.78 is 11.0. The molecule has 8 atom stereocenters. The molecule has 0 aliphatic carbocycles. The molecule has 20 nitrogen and oxygen atoms in total. The Morgan fingerprint density at radius 1 is 0.586 bits per heavy atom. The Morgan fingerprint density at radius 2 is 0.897 bits per heavy atom. The van der Waals surface area contributed by atoms with Gasteiger partial charge in [0.05, 0.1) is 0 Å². The fraction of sp³-hybridized carbons (Fsp3) is 0.722. The lowest BCUT2D eigenvalue weighted by Gasteiger charge is -2.37. The van der Waals surface area contributed by atoms with E-state index in [2.05, 4.69) is 21.3 Å². The average Bonchev–Trinajstić information content (AvgIpc) is 3.13. The molecule has 58 heavy (non-hydrogen) atoms. The second kappa shape index (κ2) is 22.0. The number of hydrogen-bond acceptors (Lipinski definition) is 14. The quantitative estimate of drug-likeness (QED) is 0.179. The van der Waals surface area contributed by atoms with Crippen LogP contribution in [0.25, 0.3) is 0 Å². The van der Waals surface area contributed by atoms with Gasteiger partial charge in [-0.3, -0.25) is 38.4 Å². The second-order valence-electron chi connectivity index (χ2n) is 15.0. The van der Waals surface area contributed by atoms with E-state index in [4.69, 9.17) is 9.47 Å². The maximum Gasteiger partial charge on any atom is 0.329 e.